The molecule has 27 heavy (non-hydrogen) atoms. The highest BCUT2D eigenvalue weighted by molar-refractivity contribution is 14.0. The zero-order valence-electron chi connectivity index (χ0n) is 15.7. The highest BCUT2D eigenvalue weighted by atomic mass is 127. The summed E-state index contributed by atoms with van der Waals surface area (Å²) in [5, 5.41) is 7.78. The zero-order valence-corrected chi connectivity index (χ0v) is 19.6. The highest BCUT2D eigenvalue weighted by Gasteiger charge is 2.26. The SMILES string of the molecule is CCS(=O)C1CCCC(NC(=NC)NCc2cn3cc(Cl)ccc3n2)C1.I. The maximum Gasteiger partial charge on any atom is 0.191 e. The summed E-state index contributed by atoms with van der Waals surface area (Å²) in [5.41, 5.74) is 1.79. The number of pyridine rings is 1. The molecular formula is C18H27ClIN5OS. The van der Waals surface area contributed by atoms with Crippen molar-refractivity contribution in [1.29, 1.82) is 0 Å². The normalized spacial score (nSPS) is 21.5. The lowest BCUT2D eigenvalue weighted by Gasteiger charge is -2.30. The Hall–Kier alpha value is -0.870. The second-order valence-corrected chi connectivity index (χ2v) is 9.01. The van der Waals surface area contributed by atoms with E-state index in [9.17, 15) is 4.21 Å². The van der Waals surface area contributed by atoms with Gasteiger partial charge in [-0.2, -0.15) is 0 Å². The van der Waals surface area contributed by atoms with Crippen LogP contribution >= 0.6 is 35.6 Å². The predicted octanol–water partition coefficient (Wildman–Crippen LogP) is 3.35. The van der Waals surface area contributed by atoms with Crippen molar-refractivity contribution in [3.63, 3.8) is 0 Å². The van der Waals surface area contributed by atoms with Crippen molar-refractivity contribution < 1.29 is 4.21 Å². The zero-order chi connectivity index (χ0) is 18.5. The number of aliphatic imine (C=N–C) groups is 1. The number of imidazole rings is 1. The fraction of sp³-hybridized carbons (Fsp3) is 0.556. The Balaban J connectivity index is 0.00000261. The fourth-order valence-corrected chi connectivity index (χ4v) is 4.93. The summed E-state index contributed by atoms with van der Waals surface area (Å²) < 4.78 is 14.0. The van der Waals surface area contributed by atoms with Gasteiger partial charge >= 0.3 is 0 Å². The summed E-state index contributed by atoms with van der Waals surface area (Å²) in [6.07, 6.45) is 8.00. The number of nitrogens with zero attached hydrogens (tertiary/aromatic N) is 3. The van der Waals surface area contributed by atoms with Crippen LogP contribution in [0.1, 0.15) is 38.3 Å². The summed E-state index contributed by atoms with van der Waals surface area (Å²) in [6, 6.07) is 4.05. The van der Waals surface area contributed by atoms with Crippen molar-refractivity contribution in [2.24, 2.45) is 4.99 Å². The van der Waals surface area contributed by atoms with Gasteiger partial charge < -0.3 is 15.0 Å². The maximum absolute atomic E-state index is 12.1. The Morgan fingerprint density at radius 3 is 2.96 bits per heavy atom. The van der Waals surface area contributed by atoms with E-state index < -0.39 is 10.8 Å². The van der Waals surface area contributed by atoms with Crippen LogP contribution in [0.25, 0.3) is 5.65 Å². The molecule has 2 heterocycles. The van der Waals surface area contributed by atoms with Gasteiger partial charge in [0, 0.05) is 47.3 Å². The molecule has 2 N–H and O–H groups in total. The van der Waals surface area contributed by atoms with Crippen LogP contribution in [0.3, 0.4) is 0 Å². The van der Waals surface area contributed by atoms with E-state index in [1.807, 2.05) is 35.9 Å². The van der Waals surface area contributed by atoms with E-state index in [0.29, 0.717) is 22.9 Å². The third-order valence-electron chi connectivity index (χ3n) is 4.75. The fourth-order valence-electron chi connectivity index (χ4n) is 3.42. The van der Waals surface area contributed by atoms with Crippen molar-refractivity contribution >= 4 is 58.0 Å². The highest BCUT2D eigenvalue weighted by Crippen LogP contribution is 2.23. The first-order valence-electron chi connectivity index (χ1n) is 9.06. The van der Waals surface area contributed by atoms with Crippen LogP contribution in [0.5, 0.6) is 0 Å². The maximum atomic E-state index is 12.1. The lowest BCUT2D eigenvalue weighted by molar-refractivity contribution is 0.413. The van der Waals surface area contributed by atoms with Gasteiger partial charge in [-0.3, -0.25) is 9.20 Å². The van der Waals surface area contributed by atoms with Crippen molar-refractivity contribution in [2.45, 2.75) is 50.4 Å². The first-order valence-corrected chi connectivity index (χ1v) is 10.8. The second-order valence-electron chi connectivity index (χ2n) is 6.57. The van der Waals surface area contributed by atoms with Gasteiger partial charge in [-0.05, 0) is 31.4 Å². The van der Waals surface area contributed by atoms with Crippen molar-refractivity contribution in [1.82, 2.24) is 20.0 Å². The summed E-state index contributed by atoms with van der Waals surface area (Å²) in [5.74, 6) is 1.50. The van der Waals surface area contributed by atoms with Crippen LogP contribution in [0.2, 0.25) is 5.02 Å². The van der Waals surface area contributed by atoms with E-state index in [2.05, 4.69) is 20.6 Å². The van der Waals surface area contributed by atoms with Crippen LogP contribution < -0.4 is 10.6 Å². The van der Waals surface area contributed by atoms with Crippen LogP contribution in [0.15, 0.2) is 29.5 Å². The number of nitrogens with one attached hydrogen (secondary N) is 2. The molecule has 0 aromatic carbocycles. The summed E-state index contributed by atoms with van der Waals surface area (Å²) in [7, 11) is 1.05. The molecule has 3 atom stereocenters. The molecule has 9 heteroatoms. The van der Waals surface area contributed by atoms with Crippen LogP contribution in [0, 0.1) is 0 Å². The average Bonchev–Trinajstić information content (AvgIpc) is 3.06. The average molecular weight is 524 g/mol. The number of hydrogen-bond acceptors (Lipinski definition) is 3. The number of aromatic nitrogens is 2. The number of rotatable bonds is 5. The number of fused-ring (bicyclic) bond motifs is 1. The molecule has 150 valence electrons. The third kappa shape index (κ3) is 6.05. The van der Waals surface area contributed by atoms with E-state index in [1.165, 1.54) is 0 Å². The van der Waals surface area contributed by atoms with Crippen LogP contribution in [-0.2, 0) is 17.3 Å². The van der Waals surface area contributed by atoms with Gasteiger partial charge in [-0.25, -0.2) is 4.98 Å². The lowest BCUT2D eigenvalue weighted by Crippen LogP contribution is -2.46. The van der Waals surface area contributed by atoms with Crippen molar-refractivity contribution in [3.05, 3.63) is 35.2 Å². The van der Waals surface area contributed by atoms with Gasteiger partial charge in [0.15, 0.2) is 5.96 Å². The summed E-state index contributed by atoms with van der Waals surface area (Å²) in [4.78, 5) is 8.89. The molecular weight excluding hydrogens is 497 g/mol. The van der Waals surface area contributed by atoms with E-state index in [0.717, 1.165) is 48.7 Å². The topological polar surface area (TPSA) is 70.8 Å². The van der Waals surface area contributed by atoms with E-state index in [1.54, 1.807) is 7.05 Å². The monoisotopic (exact) mass is 523 g/mol. The third-order valence-corrected chi connectivity index (χ3v) is 6.71. The Bertz CT molecular complexity index is 812. The second kappa shape index (κ2) is 10.6. The molecule has 2 aromatic rings. The molecule has 2 aromatic heterocycles. The minimum Gasteiger partial charge on any atom is -0.354 e. The molecule has 3 rings (SSSR count). The van der Waals surface area contributed by atoms with Gasteiger partial charge in [0.2, 0.25) is 0 Å². The number of hydrogen-bond donors (Lipinski definition) is 2. The Kier molecular flexibility index (Phi) is 8.81. The van der Waals surface area contributed by atoms with E-state index >= 15 is 0 Å². The Morgan fingerprint density at radius 1 is 1.41 bits per heavy atom. The van der Waals surface area contributed by atoms with Gasteiger partial charge in [0.25, 0.3) is 0 Å². The molecule has 1 saturated carbocycles. The van der Waals surface area contributed by atoms with Crippen molar-refractivity contribution in [3.8, 4) is 0 Å². The number of guanidine groups is 1. The Labute approximate surface area is 185 Å². The first-order chi connectivity index (χ1) is 12.6. The quantitative estimate of drug-likeness (QED) is 0.358. The molecule has 1 aliphatic carbocycles. The molecule has 3 unspecified atom stereocenters. The largest absolute Gasteiger partial charge is 0.354 e. The molecule has 6 nitrogen and oxygen atoms in total. The standard InChI is InChI=1S/C18H26ClN5OS.HI/c1-3-26(25)16-6-4-5-14(9-16)23-18(20-2)21-10-15-12-24-11-13(19)7-8-17(24)22-15;/h7-8,11-12,14,16H,3-6,9-10H2,1-2H3,(H2,20,21,23);1H. The molecule has 0 saturated heterocycles. The molecule has 0 bridgehead atoms. The van der Waals surface area contributed by atoms with Crippen molar-refractivity contribution in [2.75, 3.05) is 12.8 Å². The minimum atomic E-state index is -0.719. The van der Waals surface area contributed by atoms with Gasteiger partial charge in [0.05, 0.1) is 17.3 Å². The number of halogens is 2. The molecule has 1 aliphatic rings. The molecule has 1 fully saturated rings. The van der Waals surface area contributed by atoms with E-state index in [4.69, 9.17) is 11.6 Å². The Morgan fingerprint density at radius 2 is 2.22 bits per heavy atom. The lowest BCUT2D eigenvalue weighted by atomic mass is 9.95. The summed E-state index contributed by atoms with van der Waals surface area (Å²) >= 11 is 6.02. The molecule has 0 aliphatic heterocycles. The van der Waals surface area contributed by atoms with Gasteiger partial charge in [-0.1, -0.05) is 24.9 Å². The smallest absolute Gasteiger partial charge is 0.191 e. The van der Waals surface area contributed by atoms with Gasteiger partial charge in [-0.15, -0.1) is 24.0 Å². The van der Waals surface area contributed by atoms with Crippen LogP contribution in [0.4, 0.5) is 0 Å². The van der Waals surface area contributed by atoms with Gasteiger partial charge in [0.1, 0.15) is 5.65 Å². The minimum absolute atomic E-state index is 0. The first kappa shape index (κ1) is 22.4. The predicted molar refractivity (Wildman–Crippen MR) is 124 cm³/mol. The summed E-state index contributed by atoms with van der Waals surface area (Å²) in [6.45, 7) is 2.58. The molecule has 0 spiro atoms. The van der Waals surface area contributed by atoms with E-state index in [-0.39, 0.29) is 24.0 Å². The molecule has 0 amide bonds. The molecule has 0 radical (unpaired) electrons. The van der Waals surface area contributed by atoms with Crippen LogP contribution in [-0.4, -0.2) is 43.6 Å².